The van der Waals surface area contributed by atoms with Crippen LogP contribution in [0.2, 0.25) is 0 Å². The summed E-state index contributed by atoms with van der Waals surface area (Å²) in [6.45, 7) is 0. The molecule has 6 heteroatoms. The van der Waals surface area contributed by atoms with Crippen LogP contribution in [0.1, 0.15) is 11.3 Å². The fraction of sp³-hybridized carbons (Fsp3) is 0.0526. The Morgan fingerprint density at radius 3 is 2.76 bits per heavy atom. The van der Waals surface area contributed by atoms with Crippen LogP contribution in [0.25, 0.3) is 17.1 Å². The second-order valence-corrected chi connectivity index (χ2v) is 5.35. The molecule has 25 heavy (non-hydrogen) atoms. The molecule has 2 heterocycles. The lowest BCUT2D eigenvalue weighted by atomic mass is 10.2. The van der Waals surface area contributed by atoms with Crippen LogP contribution in [-0.2, 0) is 9.53 Å². The van der Waals surface area contributed by atoms with E-state index in [4.69, 9.17) is 9.47 Å². The zero-order valence-electron chi connectivity index (χ0n) is 13.3. The van der Waals surface area contributed by atoms with Gasteiger partial charge in [0.2, 0.25) is 5.90 Å². The summed E-state index contributed by atoms with van der Waals surface area (Å²) in [6, 6.07) is 14.7. The molecular weight excluding hydrogens is 318 g/mol. The quantitative estimate of drug-likeness (QED) is 0.545. The molecule has 1 aliphatic heterocycles. The second kappa shape index (κ2) is 6.16. The Bertz CT molecular complexity index is 1040. The number of rotatable bonds is 3. The van der Waals surface area contributed by atoms with Crippen molar-refractivity contribution in [3.8, 4) is 5.75 Å². The number of hydrogen-bond donors (Lipinski definition) is 0. The molecule has 0 saturated carbocycles. The number of hydrogen-bond acceptors (Lipinski definition) is 6. The highest BCUT2D eigenvalue weighted by Crippen LogP contribution is 2.21. The topological polar surface area (TPSA) is 73.7 Å². The fourth-order valence-electron chi connectivity index (χ4n) is 2.47. The predicted molar refractivity (Wildman–Crippen MR) is 93.1 cm³/mol. The first-order valence-electron chi connectivity index (χ1n) is 7.62. The van der Waals surface area contributed by atoms with E-state index in [0.29, 0.717) is 17.0 Å². The molecule has 0 bridgehead atoms. The molecule has 0 atom stereocenters. The molecule has 1 aromatic heterocycles. The molecule has 4 rings (SSSR count). The maximum Gasteiger partial charge on any atom is 0.363 e. The van der Waals surface area contributed by atoms with Gasteiger partial charge in [0.15, 0.2) is 5.70 Å². The first-order chi connectivity index (χ1) is 12.2. The molecule has 2 aromatic carbocycles. The van der Waals surface area contributed by atoms with E-state index in [1.54, 1.807) is 37.6 Å². The van der Waals surface area contributed by atoms with E-state index in [1.165, 1.54) is 0 Å². The van der Waals surface area contributed by atoms with E-state index in [2.05, 4.69) is 15.0 Å². The number of para-hydroxylation sites is 2. The van der Waals surface area contributed by atoms with Crippen molar-refractivity contribution in [2.45, 2.75) is 0 Å². The van der Waals surface area contributed by atoms with Gasteiger partial charge in [-0.15, -0.1) is 0 Å². The molecule has 6 nitrogen and oxygen atoms in total. The third-order valence-electron chi connectivity index (χ3n) is 3.69. The molecule has 0 saturated heterocycles. The second-order valence-electron chi connectivity index (χ2n) is 5.35. The number of benzene rings is 2. The van der Waals surface area contributed by atoms with Crippen molar-refractivity contribution < 1.29 is 14.3 Å². The van der Waals surface area contributed by atoms with Crippen molar-refractivity contribution in [3.05, 3.63) is 71.7 Å². The SMILES string of the molecule is COc1cccc(C2=N/C(=C\c3cnc4ccccc4n3)C(=O)O2)c1. The van der Waals surface area contributed by atoms with Gasteiger partial charge in [-0.3, -0.25) is 4.98 Å². The molecular formula is C19H13N3O3. The summed E-state index contributed by atoms with van der Waals surface area (Å²) in [4.78, 5) is 25.2. The zero-order valence-corrected chi connectivity index (χ0v) is 13.3. The summed E-state index contributed by atoms with van der Waals surface area (Å²) in [5.41, 5.74) is 2.93. The van der Waals surface area contributed by atoms with Crippen molar-refractivity contribution in [3.63, 3.8) is 0 Å². The highest BCUT2D eigenvalue weighted by atomic mass is 16.6. The average Bonchev–Trinajstić information content (AvgIpc) is 3.02. The van der Waals surface area contributed by atoms with Crippen LogP contribution < -0.4 is 4.74 Å². The van der Waals surface area contributed by atoms with Gasteiger partial charge in [-0.25, -0.2) is 14.8 Å². The first-order valence-corrected chi connectivity index (χ1v) is 7.62. The van der Waals surface area contributed by atoms with Crippen molar-refractivity contribution >= 4 is 29.0 Å². The third-order valence-corrected chi connectivity index (χ3v) is 3.69. The molecule has 0 aliphatic carbocycles. The lowest BCUT2D eigenvalue weighted by Gasteiger charge is -2.02. The third kappa shape index (κ3) is 2.97. The molecule has 0 fully saturated rings. The zero-order chi connectivity index (χ0) is 17.2. The Balaban J connectivity index is 1.69. The number of carbonyl (C=O) groups excluding carboxylic acids is 1. The van der Waals surface area contributed by atoms with Crippen LogP contribution in [-0.4, -0.2) is 28.9 Å². The number of aliphatic imine (C=N–C) groups is 1. The van der Waals surface area contributed by atoms with Crippen molar-refractivity contribution in [2.24, 2.45) is 4.99 Å². The normalized spacial score (nSPS) is 15.3. The number of cyclic esters (lactones) is 1. The predicted octanol–water partition coefficient (Wildman–Crippen LogP) is 2.98. The summed E-state index contributed by atoms with van der Waals surface area (Å²) >= 11 is 0. The lowest BCUT2D eigenvalue weighted by Crippen LogP contribution is -2.05. The van der Waals surface area contributed by atoms with Crippen LogP contribution in [0.4, 0.5) is 0 Å². The van der Waals surface area contributed by atoms with E-state index >= 15 is 0 Å². The minimum Gasteiger partial charge on any atom is -0.497 e. The van der Waals surface area contributed by atoms with Gasteiger partial charge in [-0.1, -0.05) is 18.2 Å². The summed E-state index contributed by atoms with van der Waals surface area (Å²) in [5.74, 6) is 0.380. The van der Waals surface area contributed by atoms with Gasteiger partial charge in [0, 0.05) is 5.56 Å². The Morgan fingerprint density at radius 2 is 1.92 bits per heavy atom. The highest BCUT2D eigenvalue weighted by Gasteiger charge is 2.24. The van der Waals surface area contributed by atoms with Crippen LogP contribution in [0.3, 0.4) is 0 Å². The molecule has 122 valence electrons. The Kier molecular flexibility index (Phi) is 3.70. The highest BCUT2D eigenvalue weighted by molar-refractivity contribution is 6.12. The summed E-state index contributed by atoms with van der Waals surface area (Å²) in [7, 11) is 1.57. The summed E-state index contributed by atoms with van der Waals surface area (Å²) in [5, 5.41) is 0. The number of aromatic nitrogens is 2. The van der Waals surface area contributed by atoms with Crippen LogP contribution in [0, 0.1) is 0 Å². The van der Waals surface area contributed by atoms with E-state index in [9.17, 15) is 4.79 Å². The lowest BCUT2D eigenvalue weighted by molar-refractivity contribution is -0.129. The van der Waals surface area contributed by atoms with E-state index in [1.807, 2.05) is 30.3 Å². The van der Waals surface area contributed by atoms with E-state index < -0.39 is 5.97 Å². The van der Waals surface area contributed by atoms with Crippen molar-refractivity contribution in [1.29, 1.82) is 0 Å². The smallest absolute Gasteiger partial charge is 0.363 e. The summed E-state index contributed by atoms with van der Waals surface area (Å²) in [6.07, 6.45) is 3.16. The molecule has 1 aliphatic rings. The number of carbonyl (C=O) groups is 1. The standard InChI is InChI=1S/C19H13N3O3/c1-24-14-6-4-5-12(9-14)18-22-17(19(23)25-18)10-13-11-20-15-7-2-3-8-16(15)21-13/h2-11H,1H3/b17-10-. The van der Waals surface area contributed by atoms with Gasteiger partial charge in [0.25, 0.3) is 0 Å². The van der Waals surface area contributed by atoms with E-state index in [-0.39, 0.29) is 11.6 Å². The molecule has 0 unspecified atom stereocenters. The fourth-order valence-corrected chi connectivity index (χ4v) is 2.47. The monoisotopic (exact) mass is 331 g/mol. The number of ether oxygens (including phenoxy) is 2. The van der Waals surface area contributed by atoms with E-state index in [0.717, 1.165) is 11.0 Å². The summed E-state index contributed by atoms with van der Waals surface area (Å²) < 4.78 is 10.4. The Hall–Kier alpha value is -3.54. The van der Waals surface area contributed by atoms with Gasteiger partial charge in [-0.2, -0.15) is 0 Å². The average molecular weight is 331 g/mol. The molecule has 0 N–H and O–H groups in total. The minimum absolute atomic E-state index is 0.183. The maximum absolute atomic E-state index is 12.1. The van der Waals surface area contributed by atoms with Crippen LogP contribution in [0.5, 0.6) is 5.75 Å². The first kappa shape index (κ1) is 15.0. The van der Waals surface area contributed by atoms with Gasteiger partial charge in [-0.05, 0) is 36.4 Å². The molecule has 3 aromatic rings. The van der Waals surface area contributed by atoms with Gasteiger partial charge in [0.05, 0.1) is 30.0 Å². The van der Waals surface area contributed by atoms with Gasteiger partial charge in [0.1, 0.15) is 5.75 Å². The molecule has 0 radical (unpaired) electrons. The number of fused-ring (bicyclic) bond motifs is 1. The molecule has 0 amide bonds. The minimum atomic E-state index is -0.521. The number of esters is 1. The van der Waals surface area contributed by atoms with Crippen molar-refractivity contribution in [1.82, 2.24) is 9.97 Å². The number of nitrogens with zero attached hydrogens (tertiary/aromatic N) is 3. The maximum atomic E-state index is 12.1. The van der Waals surface area contributed by atoms with Gasteiger partial charge < -0.3 is 9.47 Å². The largest absolute Gasteiger partial charge is 0.497 e. The van der Waals surface area contributed by atoms with Crippen LogP contribution >= 0.6 is 0 Å². The molecule has 0 spiro atoms. The van der Waals surface area contributed by atoms with Gasteiger partial charge >= 0.3 is 5.97 Å². The number of methoxy groups -OCH3 is 1. The Labute approximate surface area is 143 Å². The van der Waals surface area contributed by atoms with Crippen LogP contribution in [0.15, 0.2) is 65.4 Å². The van der Waals surface area contributed by atoms with Crippen molar-refractivity contribution in [2.75, 3.05) is 7.11 Å². The Morgan fingerprint density at radius 1 is 1.08 bits per heavy atom.